The molecule has 0 radical (unpaired) electrons. The lowest BCUT2D eigenvalue weighted by molar-refractivity contribution is -0.138. The summed E-state index contributed by atoms with van der Waals surface area (Å²) in [6.45, 7) is 0.693. The quantitative estimate of drug-likeness (QED) is 0.782. The molecule has 0 N–H and O–H groups in total. The maximum absolute atomic E-state index is 13.1. The van der Waals surface area contributed by atoms with Crippen molar-refractivity contribution in [2.75, 3.05) is 0 Å². The molecule has 2 heterocycles. The van der Waals surface area contributed by atoms with E-state index in [9.17, 15) is 13.2 Å². The molecule has 1 aliphatic heterocycles. The molecule has 0 saturated heterocycles. The fourth-order valence-corrected chi connectivity index (χ4v) is 3.05. The molecule has 20 heavy (non-hydrogen) atoms. The number of aryl methyl sites for hydroxylation is 1. The van der Waals surface area contributed by atoms with Crippen molar-refractivity contribution >= 4 is 15.9 Å². The van der Waals surface area contributed by atoms with E-state index in [2.05, 4.69) is 26.0 Å². The SMILES string of the molecule is FC(F)(F)c1ccccc1C1CCCn2nc(Br)nc21. The van der Waals surface area contributed by atoms with Crippen molar-refractivity contribution in [2.45, 2.75) is 31.5 Å². The van der Waals surface area contributed by atoms with Gasteiger partial charge in [0, 0.05) is 12.5 Å². The Labute approximate surface area is 121 Å². The Kier molecular flexibility index (Phi) is 3.32. The summed E-state index contributed by atoms with van der Waals surface area (Å²) in [6.07, 6.45) is -2.91. The van der Waals surface area contributed by atoms with Gasteiger partial charge in [-0.05, 0) is 40.4 Å². The second-order valence-electron chi connectivity index (χ2n) is 4.74. The second-order valence-corrected chi connectivity index (χ2v) is 5.45. The highest BCUT2D eigenvalue weighted by Gasteiger charge is 2.37. The first-order chi connectivity index (χ1) is 9.47. The first kappa shape index (κ1) is 13.6. The third-order valence-corrected chi connectivity index (χ3v) is 3.83. The van der Waals surface area contributed by atoms with Crippen LogP contribution in [0.3, 0.4) is 0 Å². The minimum absolute atomic E-state index is 0.279. The highest BCUT2D eigenvalue weighted by Crippen LogP contribution is 2.40. The van der Waals surface area contributed by atoms with Crippen molar-refractivity contribution in [2.24, 2.45) is 0 Å². The Balaban J connectivity index is 2.11. The van der Waals surface area contributed by atoms with Crippen LogP contribution in [-0.2, 0) is 12.7 Å². The number of rotatable bonds is 1. The summed E-state index contributed by atoms with van der Waals surface area (Å²) in [5.74, 6) is 0.236. The van der Waals surface area contributed by atoms with Crippen molar-refractivity contribution in [1.29, 1.82) is 0 Å². The molecule has 1 aromatic carbocycles. The Morgan fingerprint density at radius 3 is 2.75 bits per heavy atom. The molecule has 0 fully saturated rings. The number of benzene rings is 1. The maximum atomic E-state index is 13.1. The molecule has 0 spiro atoms. The highest BCUT2D eigenvalue weighted by atomic mass is 79.9. The minimum Gasteiger partial charge on any atom is -0.248 e. The molecule has 7 heteroatoms. The topological polar surface area (TPSA) is 30.7 Å². The van der Waals surface area contributed by atoms with Gasteiger partial charge in [0.2, 0.25) is 4.73 Å². The van der Waals surface area contributed by atoms with Crippen LogP contribution in [0.5, 0.6) is 0 Å². The lowest BCUT2D eigenvalue weighted by Crippen LogP contribution is -2.21. The van der Waals surface area contributed by atoms with Gasteiger partial charge in [0.15, 0.2) is 0 Å². The van der Waals surface area contributed by atoms with E-state index in [0.717, 1.165) is 12.5 Å². The molecule has 1 unspecified atom stereocenters. The predicted octanol–water partition coefficient (Wildman–Crippen LogP) is 3.99. The number of nitrogens with zero attached hydrogens (tertiary/aromatic N) is 3. The van der Waals surface area contributed by atoms with E-state index in [0.29, 0.717) is 23.5 Å². The molecule has 1 atom stereocenters. The summed E-state index contributed by atoms with van der Waals surface area (Å²) >= 11 is 3.19. The van der Waals surface area contributed by atoms with E-state index in [1.807, 2.05) is 0 Å². The van der Waals surface area contributed by atoms with E-state index in [-0.39, 0.29) is 11.5 Å². The van der Waals surface area contributed by atoms with Crippen LogP contribution >= 0.6 is 15.9 Å². The number of aromatic nitrogens is 3. The first-order valence-electron chi connectivity index (χ1n) is 6.23. The monoisotopic (exact) mass is 345 g/mol. The van der Waals surface area contributed by atoms with Gasteiger partial charge in [-0.2, -0.15) is 13.2 Å². The van der Waals surface area contributed by atoms with Gasteiger partial charge in [0.1, 0.15) is 5.82 Å². The van der Waals surface area contributed by atoms with Crippen LogP contribution in [0.25, 0.3) is 0 Å². The van der Waals surface area contributed by atoms with Crippen LogP contribution < -0.4 is 0 Å². The van der Waals surface area contributed by atoms with Crippen LogP contribution in [0, 0.1) is 0 Å². The highest BCUT2D eigenvalue weighted by molar-refractivity contribution is 9.10. The van der Waals surface area contributed by atoms with E-state index in [4.69, 9.17) is 0 Å². The third-order valence-electron chi connectivity index (χ3n) is 3.49. The molecule has 2 aromatic rings. The third kappa shape index (κ3) is 2.34. The van der Waals surface area contributed by atoms with Crippen LogP contribution in [0.15, 0.2) is 29.0 Å². The standard InChI is InChI=1S/C13H11BrF3N3/c14-12-18-11-9(5-3-7-20(11)19-12)8-4-1-2-6-10(8)13(15,16)17/h1-2,4,6,9H,3,5,7H2. The van der Waals surface area contributed by atoms with E-state index in [1.165, 1.54) is 12.1 Å². The molecule has 3 nitrogen and oxygen atoms in total. The van der Waals surface area contributed by atoms with E-state index >= 15 is 0 Å². The van der Waals surface area contributed by atoms with Crippen LogP contribution in [0.4, 0.5) is 13.2 Å². The molecular formula is C13H11BrF3N3. The van der Waals surface area contributed by atoms with Crippen molar-refractivity contribution in [3.05, 3.63) is 46.0 Å². The summed E-state index contributed by atoms with van der Waals surface area (Å²) in [6, 6.07) is 5.70. The Hall–Kier alpha value is -1.37. The van der Waals surface area contributed by atoms with Gasteiger partial charge in [0.25, 0.3) is 0 Å². The number of alkyl halides is 3. The van der Waals surface area contributed by atoms with Crippen LogP contribution in [-0.4, -0.2) is 14.8 Å². The van der Waals surface area contributed by atoms with Gasteiger partial charge >= 0.3 is 6.18 Å². The van der Waals surface area contributed by atoms with Crippen molar-refractivity contribution in [3.8, 4) is 0 Å². The Morgan fingerprint density at radius 1 is 1.25 bits per heavy atom. The summed E-state index contributed by atoms with van der Waals surface area (Å²) in [5, 5.41) is 4.16. The molecule has 1 aromatic heterocycles. The average Bonchev–Trinajstić information content (AvgIpc) is 2.77. The largest absolute Gasteiger partial charge is 0.416 e. The summed E-state index contributed by atoms with van der Waals surface area (Å²) in [4.78, 5) is 4.23. The lowest BCUT2D eigenvalue weighted by Gasteiger charge is -2.25. The maximum Gasteiger partial charge on any atom is 0.416 e. The summed E-state index contributed by atoms with van der Waals surface area (Å²) < 4.78 is 41.5. The van der Waals surface area contributed by atoms with Gasteiger partial charge in [-0.1, -0.05) is 18.2 Å². The average molecular weight is 346 g/mol. The molecule has 0 bridgehead atoms. The van der Waals surface area contributed by atoms with Crippen molar-refractivity contribution in [1.82, 2.24) is 14.8 Å². The van der Waals surface area contributed by atoms with E-state index < -0.39 is 11.7 Å². The number of fused-ring (bicyclic) bond motifs is 1. The molecular weight excluding hydrogens is 335 g/mol. The number of halogens is 4. The Bertz CT molecular complexity index is 636. The van der Waals surface area contributed by atoms with Crippen LogP contribution in [0.2, 0.25) is 0 Å². The zero-order valence-electron chi connectivity index (χ0n) is 10.4. The van der Waals surface area contributed by atoms with Gasteiger partial charge in [-0.3, -0.25) is 0 Å². The molecule has 0 amide bonds. The molecule has 3 rings (SSSR count). The number of hydrogen-bond donors (Lipinski definition) is 0. The zero-order valence-corrected chi connectivity index (χ0v) is 11.9. The number of hydrogen-bond acceptors (Lipinski definition) is 2. The van der Waals surface area contributed by atoms with Gasteiger partial charge in [0.05, 0.1) is 5.56 Å². The molecule has 0 aliphatic carbocycles. The molecule has 1 aliphatic rings. The van der Waals surface area contributed by atoms with Gasteiger partial charge < -0.3 is 0 Å². The lowest BCUT2D eigenvalue weighted by atomic mass is 9.88. The van der Waals surface area contributed by atoms with Gasteiger partial charge in [-0.25, -0.2) is 9.67 Å². The minimum atomic E-state index is -4.35. The summed E-state index contributed by atoms with van der Waals surface area (Å²) in [7, 11) is 0. The predicted molar refractivity (Wildman–Crippen MR) is 70.2 cm³/mol. The zero-order chi connectivity index (χ0) is 14.3. The normalized spacial score (nSPS) is 18.9. The fraction of sp³-hybridized carbons (Fsp3) is 0.385. The molecule has 0 saturated carbocycles. The second kappa shape index (κ2) is 4.87. The van der Waals surface area contributed by atoms with Crippen molar-refractivity contribution < 1.29 is 13.2 Å². The molecule has 106 valence electrons. The summed E-state index contributed by atoms with van der Waals surface area (Å²) in [5.41, 5.74) is -0.307. The fourth-order valence-electron chi connectivity index (χ4n) is 2.68. The smallest absolute Gasteiger partial charge is 0.248 e. The van der Waals surface area contributed by atoms with E-state index in [1.54, 1.807) is 10.7 Å². The van der Waals surface area contributed by atoms with Crippen molar-refractivity contribution in [3.63, 3.8) is 0 Å². The van der Waals surface area contributed by atoms with Gasteiger partial charge in [-0.15, -0.1) is 5.10 Å². The Morgan fingerprint density at radius 2 is 2.00 bits per heavy atom. The van der Waals surface area contributed by atoms with Crippen LogP contribution in [0.1, 0.15) is 35.7 Å². The first-order valence-corrected chi connectivity index (χ1v) is 7.02.